The predicted octanol–water partition coefficient (Wildman–Crippen LogP) is 4.24. The molecular formula is C27H32N6O. The van der Waals surface area contributed by atoms with E-state index in [-0.39, 0.29) is 0 Å². The lowest BCUT2D eigenvalue weighted by molar-refractivity contribution is 0.0739. The molecule has 0 amide bonds. The Morgan fingerprint density at radius 1 is 1.00 bits per heavy atom. The number of rotatable bonds is 7. The number of aromatic nitrogens is 3. The van der Waals surface area contributed by atoms with E-state index in [1.165, 1.54) is 42.6 Å². The summed E-state index contributed by atoms with van der Waals surface area (Å²) in [5.74, 6) is 0.441. The maximum Gasteiger partial charge on any atom is 0.247 e. The van der Waals surface area contributed by atoms with Crippen molar-refractivity contribution in [3.05, 3.63) is 71.6 Å². The summed E-state index contributed by atoms with van der Waals surface area (Å²) in [6, 6.07) is 12.5. The molecule has 1 unspecified atom stereocenters. The molecule has 2 aliphatic heterocycles. The summed E-state index contributed by atoms with van der Waals surface area (Å²) in [6.45, 7) is 8.52. The second kappa shape index (κ2) is 9.91. The normalized spacial score (nSPS) is 18.5. The van der Waals surface area contributed by atoms with Gasteiger partial charge in [0.05, 0.1) is 11.2 Å². The van der Waals surface area contributed by atoms with Crippen molar-refractivity contribution in [2.75, 3.05) is 31.5 Å². The van der Waals surface area contributed by atoms with Crippen LogP contribution in [0.3, 0.4) is 0 Å². The minimum Gasteiger partial charge on any atom is -0.370 e. The molecule has 0 aliphatic carbocycles. The second-order valence-corrected chi connectivity index (χ2v) is 9.23. The van der Waals surface area contributed by atoms with Gasteiger partial charge < -0.3 is 20.2 Å². The van der Waals surface area contributed by atoms with Crippen molar-refractivity contribution < 1.29 is 5.11 Å². The minimum atomic E-state index is -0.608. The first-order valence-corrected chi connectivity index (χ1v) is 12.1. The first-order chi connectivity index (χ1) is 16.6. The van der Waals surface area contributed by atoms with Crippen LogP contribution in [0.2, 0.25) is 0 Å². The van der Waals surface area contributed by atoms with Crippen LogP contribution in [0, 0.1) is 13.8 Å². The van der Waals surface area contributed by atoms with Crippen molar-refractivity contribution in [3.8, 4) is 11.1 Å². The zero-order chi connectivity index (χ0) is 23.5. The largest absolute Gasteiger partial charge is 0.370 e. The van der Waals surface area contributed by atoms with Gasteiger partial charge in [0.1, 0.15) is 11.7 Å². The van der Waals surface area contributed by atoms with Crippen LogP contribution in [0.1, 0.15) is 30.4 Å². The van der Waals surface area contributed by atoms with Gasteiger partial charge in [-0.1, -0.05) is 24.3 Å². The van der Waals surface area contributed by atoms with Crippen LogP contribution in [0.15, 0.2) is 60.4 Å². The molecule has 0 radical (unpaired) electrons. The molecular weight excluding hydrogens is 424 g/mol. The number of fused-ring (bicyclic) bond motifs is 1. The third-order valence-electron chi connectivity index (χ3n) is 6.66. The average molecular weight is 457 g/mol. The summed E-state index contributed by atoms with van der Waals surface area (Å²) >= 11 is 0. The number of anilines is 1. The molecule has 1 fully saturated rings. The summed E-state index contributed by atoms with van der Waals surface area (Å²) in [5.41, 5.74) is 7.21. The van der Waals surface area contributed by atoms with Gasteiger partial charge in [-0.25, -0.2) is 4.98 Å². The summed E-state index contributed by atoms with van der Waals surface area (Å²) in [5, 5.41) is 22.3. The third-order valence-corrected chi connectivity index (χ3v) is 6.66. The van der Waals surface area contributed by atoms with Gasteiger partial charge in [-0.3, -0.25) is 0 Å². The molecule has 7 nitrogen and oxygen atoms in total. The van der Waals surface area contributed by atoms with Crippen LogP contribution in [-0.2, 0) is 0 Å². The first kappa shape index (κ1) is 22.5. The van der Waals surface area contributed by atoms with Gasteiger partial charge >= 0.3 is 0 Å². The summed E-state index contributed by atoms with van der Waals surface area (Å²) in [7, 11) is 0. The molecule has 34 heavy (non-hydrogen) atoms. The van der Waals surface area contributed by atoms with Crippen molar-refractivity contribution in [2.45, 2.75) is 39.3 Å². The van der Waals surface area contributed by atoms with E-state index in [1.807, 2.05) is 29.3 Å². The zero-order valence-corrected chi connectivity index (χ0v) is 19.9. The van der Waals surface area contributed by atoms with Gasteiger partial charge in [0.15, 0.2) is 0 Å². The Morgan fingerprint density at radius 3 is 2.59 bits per heavy atom. The van der Waals surface area contributed by atoms with Crippen molar-refractivity contribution in [1.29, 1.82) is 0 Å². The molecule has 5 rings (SSSR count). The number of nitrogens with one attached hydrogen (secondary N) is 1. The Bertz CT molecular complexity index is 1210. The van der Waals surface area contributed by atoms with E-state index in [0.717, 1.165) is 41.8 Å². The summed E-state index contributed by atoms with van der Waals surface area (Å²) in [6.07, 6.45) is 8.59. The molecule has 0 spiro atoms. The number of hydrogen-bond donors (Lipinski definition) is 2. The maximum absolute atomic E-state index is 10.4. The number of hydrogen-bond acceptors (Lipinski definition) is 7. The average Bonchev–Trinajstić information content (AvgIpc) is 3.35. The number of aryl methyl sites for hydroxylation is 2. The van der Waals surface area contributed by atoms with Crippen LogP contribution in [-0.4, -0.2) is 62.5 Å². The van der Waals surface area contributed by atoms with Crippen LogP contribution in [0.25, 0.3) is 22.2 Å². The van der Waals surface area contributed by atoms with Crippen LogP contribution in [0.4, 0.5) is 5.95 Å². The molecule has 176 valence electrons. The van der Waals surface area contributed by atoms with E-state index < -0.39 is 6.23 Å². The standard InChI is InChI=1S/C27H32N6O/c1-19-7-5-8-20(2)26(19)21-9-11-23-24(17-21)30-31-27(29-23)28-22-10-12-25(34)33(18-22)16-6-15-32-13-3-4-14-32/h5,7-12,17-18,25,34H,3-4,6,13-16H2,1-2H3,(H,28,29,31). The maximum atomic E-state index is 10.4. The molecule has 0 bridgehead atoms. The first-order valence-electron chi connectivity index (χ1n) is 12.1. The van der Waals surface area contributed by atoms with Crippen LogP contribution < -0.4 is 5.32 Å². The molecule has 2 aromatic carbocycles. The van der Waals surface area contributed by atoms with Crippen molar-refractivity contribution in [3.63, 3.8) is 0 Å². The van der Waals surface area contributed by atoms with Crippen LogP contribution in [0.5, 0.6) is 0 Å². The molecule has 2 aliphatic rings. The Hall–Kier alpha value is -3.29. The lowest BCUT2D eigenvalue weighted by atomic mass is 9.95. The highest BCUT2D eigenvalue weighted by Gasteiger charge is 2.17. The van der Waals surface area contributed by atoms with Crippen molar-refractivity contribution >= 4 is 17.0 Å². The SMILES string of the molecule is Cc1cccc(C)c1-c1ccc2nc(NC3=CN(CCCN4CCCC4)C(O)C=C3)nnc2c1. The quantitative estimate of drug-likeness (QED) is 0.551. The third kappa shape index (κ3) is 4.95. The van der Waals surface area contributed by atoms with Gasteiger partial charge in [-0.15, -0.1) is 10.2 Å². The fraction of sp³-hybridized carbons (Fsp3) is 0.370. The van der Waals surface area contributed by atoms with E-state index in [9.17, 15) is 5.11 Å². The monoisotopic (exact) mass is 456 g/mol. The Balaban J connectivity index is 1.28. The van der Waals surface area contributed by atoms with Crippen molar-refractivity contribution in [2.24, 2.45) is 0 Å². The number of aliphatic hydroxyl groups is 1. The smallest absolute Gasteiger partial charge is 0.247 e. The zero-order valence-electron chi connectivity index (χ0n) is 19.9. The highest BCUT2D eigenvalue weighted by molar-refractivity contribution is 5.83. The fourth-order valence-corrected chi connectivity index (χ4v) is 4.90. The topological polar surface area (TPSA) is 77.4 Å². The molecule has 0 saturated carbocycles. The van der Waals surface area contributed by atoms with Crippen molar-refractivity contribution in [1.82, 2.24) is 25.0 Å². The molecule has 2 N–H and O–H groups in total. The number of benzene rings is 2. The van der Waals surface area contributed by atoms with Gasteiger partial charge in [0.25, 0.3) is 0 Å². The van der Waals surface area contributed by atoms with Gasteiger partial charge in [-0.2, -0.15) is 0 Å². The van der Waals surface area contributed by atoms with Gasteiger partial charge in [-0.05, 0) is 99.3 Å². The van der Waals surface area contributed by atoms with E-state index in [4.69, 9.17) is 0 Å². The highest BCUT2D eigenvalue weighted by Crippen LogP contribution is 2.29. The summed E-state index contributed by atoms with van der Waals surface area (Å²) in [4.78, 5) is 9.10. The lowest BCUT2D eigenvalue weighted by Crippen LogP contribution is -2.34. The number of nitrogens with zero attached hydrogens (tertiary/aromatic N) is 5. The molecule has 7 heteroatoms. The molecule has 1 atom stereocenters. The molecule has 3 heterocycles. The van der Waals surface area contributed by atoms with E-state index >= 15 is 0 Å². The van der Waals surface area contributed by atoms with E-state index in [0.29, 0.717) is 5.95 Å². The van der Waals surface area contributed by atoms with E-state index in [2.05, 4.69) is 63.5 Å². The predicted molar refractivity (Wildman–Crippen MR) is 136 cm³/mol. The summed E-state index contributed by atoms with van der Waals surface area (Å²) < 4.78 is 0. The molecule has 1 saturated heterocycles. The second-order valence-electron chi connectivity index (χ2n) is 9.23. The number of allylic oxidation sites excluding steroid dienone is 1. The van der Waals surface area contributed by atoms with E-state index in [1.54, 1.807) is 6.08 Å². The Kier molecular flexibility index (Phi) is 6.56. The van der Waals surface area contributed by atoms with Gasteiger partial charge in [0.2, 0.25) is 5.95 Å². The van der Waals surface area contributed by atoms with Gasteiger partial charge in [0, 0.05) is 12.7 Å². The van der Waals surface area contributed by atoms with Crippen LogP contribution >= 0.6 is 0 Å². The number of aliphatic hydroxyl groups excluding tert-OH is 1. The molecule has 3 aromatic rings. The Morgan fingerprint density at radius 2 is 1.79 bits per heavy atom. The molecule has 1 aromatic heterocycles. The minimum absolute atomic E-state index is 0.441. The highest BCUT2D eigenvalue weighted by atomic mass is 16.3. The number of likely N-dealkylation sites (tertiary alicyclic amines) is 1. The Labute approximate surface area is 200 Å². The lowest BCUT2D eigenvalue weighted by Gasteiger charge is -2.29. The fourth-order valence-electron chi connectivity index (χ4n) is 4.90.